The van der Waals surface area contributed by atoms with E-state index in [2.05, 4.69) is 41.0 Å². The molecular formula is C28H23N3O4S3. The van der Waals surface area contributed by atoms with E-state index in [0.29, 0.717) is 38.0 Å². The van der Waals surface area contributed by atoms with Crippen LogP contribution in [0.4, 0.5) is 5.13 Å². The molecule has 1 aliphatic rings. The fourth-order valence-electron chi connectivity index (χ4n) is 3.98. The summed E-state index contributed by atoms with van der Waals surface area (Å²) in [6.07, 6.45) is 1.65. The number of aliphatic hydroxyl groups is 1. The smallest absolute Gasteiger partial charge is 0.296 e. The van der Waals surface area contributed by atoms with E-state index >= 15 is 0 Å². The largest absolute Gasteiger partial charge is 0.503 e. The van der Waals surface area contributed by atoms with Gasteiger partial charge in [0.2, 0.25) is 10.9 Å². The van der Waals surface area contributed by atoms with Crippen LogP contribution in [0, 0.1) is 6.92 Å². The second kappa shape index (κ2) is 11.3. The molecule has 1 atom stereocenters. The van der Waals surface area contributed by atoms with E-state index < -0.39 is 23.5 Å². The molecule has 3 heterocycles. The maximum Gasteiger partial charge on any atom is 0.296 e. The lowest BCUT2D eigenvalue weighted by atomic mass is 9.95. The van der Waals surface area contributed by atoms with E-state index in [4.69, 9.17) is 4.74 Å². The van der Waals surface area contributed by atoms with Crippen molar-refractivity contribution in [2.75, 3.05) is 11.5 Å². The molecule has 2 aromatic heterocycles. The zero-order valence-corrected chi connectivity index (χ0v) is 22.8. The van der Waals surface area contributed by atoms with Crippen LogP contribution in [0.5, 0.6) is 5.75 Å². The third-order valence-electron chi connectivity index (χ3n) is 5.85. The highest BCUT2D eigenvalue weighted by atomic mass is 32.2. The Kier molecular flexibility index (Phi) is 7.73. The maximum atomic E-state index is 13.5. The minimum absolute atomic E-state index is 0.0151. The van der Waals surface area contributed by atoms with Gasteiger partial charge in [0.15, 0.2) is 10.1 Å². The van der Waals surface area contributed by atoms with Crippen LogP contribution in [0.2, 0.25) is 0 Å². The molecule has 0 fully saturated rings. The Morgan fingerprint density at radius 2 is 1.92 bits per heavy atom. The van der Waals surface area contributed by atoms with Crippen LogP contribution in [-0.4, -0.2) is 33.6 Å². The minimum atomic E-state index is -0.867. The molecule has 192 valence electrons. The first-order valence-corrected chi connectivity index (χ1v) is 14.3. The number of aromatic nitrogens is 2. The topological polar surface area (TPSA) is 92.6 Å². The van der Waals surface area contributed by atoms with Gasteiger partial charge in [-0.15, -0.1) is 21.5 Å². The zero-order valence-electron chi connectivity index (χ0n) is 20.4. The van der Waals surface area contributed by atoms with E-state index in [9.17, 15) is 14.7 Å². The third-order valence-corrected chi connectivity index (χ3v) is 8.84. The number of nitrogens with zero attached hydrogens (tertiary/aromatic N) is 3. The number of Topliss-reactive ketones (excluding diaryl/α,β-unsaturated/α-hetero) is 1. The molecule has 38 heavy (non-hydrogen) atoms. The van der Waals surface area contributed by atoms with Crippen LogP contribution in [0.25, 0.3) is 0 Å². The lowest BCUT2D eigenvalue weighted by Gasteiger charge is -2.24. The fraction of sp³-hybridized carbons (Fsp3) is 0.143. The summed E-state index contributed by atoms with van der Waals surface area (Å²) >= 11 is 4.01. The maximum absolute atomic E-state index is 13.5. The Balaban J connectivity index is 1.47. The first-order chi connectivity index (χ1) is 18.5. The number of hydrogen-bond acceptors (Lipinski definition) is 9. The molecule has 0 bridgehead atoms. The lowest BCUT2D eigenvalue weighted by Crippen LogP contribution is -2.31. The van der Waals surface area contributed by atoms with Crippen molar-refractivity contribution >= 4 is 51.3 Å². The average molecular weight is 562 g/mol. The van der Waals surface area contributed by atoms with Gasteiger partial charge in [-0.25, -0.2) is 0 Å². The Morgan fingerprint density at radius 1 is 1.16 bits per heavy atom. The number of carbonyl (C=O) groups excluding carboxylic acids is 2. The predicted molar refractivity (Wildman–Crippen MR) is 151 cm³/mol. The zero-order chi connectivity index (χ0) is 26.6. The summed E-state index contributed by atoms with van der Waals surface area (Å²) in [6, 6.07) is 17.9. The SMILES string of the molecule is C=CCOc1ccc(C2C(C(=O)c3cccs3)=C(O)C(=O)N2c2nnc(SCc3ccc(C)cc3)s2)cc1. The lowest BCUT2D eigenvalue weighted by molar-refractivity contribution is -0.117. The number of carbonyl (C=O) groups is 2. The fourth-order valence-corrected chi connectivity index (χ4v) is 6.48. The number of thioether (sulfide) groups is 1. The van der Waals surface area contributed by atoms with Gasteiger partial charge in [0.25, 0.3) is 5.91 Å². The number of aliphatic hydroxyl groups excluding tert-OH is 1. The Bertz CT molecular complexity index is 1490. The molecule has 4 aromatic rings. The Labute approximate surface area is 232 Å². The van der Waals surface area contributed by atoms with Gasteiger partial charge in [0.05, 0.1) is 16.5 Å². The van der Waals surface area contributed by atoms with Gasteiger partial charge < -0.3 is 9.84 Å². The van der Waals surface area contributed by atoms with Crippen LogP contribution in [0.3, 0.4) is 0 Å². The number of aryl methyl sites for hydroxylation is 1. The Morgan fingerprint density at radius 3 is 2.61 bits per heavy atom. The summed E-state index contributed by atoms with van der Waals surface area (Å²) in [7, 11) is 0. The highest BCUT2D eigenvalue weighted by Crippen LogP contribution is 2.44. The van der Waals surface area contributed by atoms with Crippen LogP contribution in [0.15, 0.2) is 94.4 Å². The van der Waals surface area contributed by atoms with Crippen molar-refractivity contribution in [1.82, 2.24) is 10.2 Å². The van der Waals surface area contributed by atoms with Gasteiger partial charge in [-0.2, -0.15) is 0 Å². The van der Waals surface area contributed by atoms with Gasteiger partial charge in [0.1, 0.15) is 12.4 Å². The minimum Gasteiger partial charge on any atom is -0.503 e. The second-order valence-corrected chi connectivity index (χ2v) is 11.6. The Hall–Kier alpha value is -3.73. The summed E-state index contributed by atoms with van der Waals surface area (Å²) in [5, 5.41) is 21.6. The number of hydrogen-bond donors (Lipinski definition) is 1. The van der Waals surface area contributed by atoms with Gasteiger partial charge in [-0.3, -0.25) is 14.5 Å². The number of rotatable bonds is 10. The van der Waals surface area contributed by atoms with Crippen molar-refractivity contribution in [3.05, 3.63) is 112 Å². The summed E-state index contributed by atoms with van der Waals surface area (Å²) in [5.41, 5.74) is 2.99. The first kappa shape index (κ1) is 25.9. The summed E-state index contributed by atoms with van der Waals surface area (Å²) < 4.78 is 6.26. The van der Waals surface area contributed by atoms with Crippen molar-refractivity contribution in [2.45, 2.75) is 23.1 Å². The molecule has 5 rings (SSSR count). The van der Waals surface area contributed by atoms with E-state index in [-0.39, 0.29) is 5.57 Å². The summed E-state index contributed by atoms with van der Waals surface area (Å²) in [4.78, 5) is 28.6. The molecule has 10 heteroatoms. The normalized spacial score (nSPS) is 15.2. The predicted octanol–water partition coefficient (Wildman–Crippen LogP) is 6.55. The second-order valence-electron chi connectivity index (χ2n) is 8.44. The van der Waals surface area contributed by atoms with Crippen LogP contribution in [-0.2, 0) is 10.5 Å². The molecular weight excluding hydrogens is 539 g/mol. The van der Waals surface area contributed by atoms with E-state index in [1.807, 2.05) is 6.92 Å². The van der Waals surface area contributed by atoms with Crippen LogP contribution < -0.4 is 9.64 Å². The van der Waals surface area contributed by atoms with Crippen LogP contribution in [0.1, 0.15) is 32.4 Å². The molecule has 0 radical (unpaired) electrons. The molecule has 1 unspecified atom stereocenters. The third kappa shape index (κ3) is 5.28. The van der Waals surface area contributed by atoms with Crippen molar-refractivity contribution in [3.8, 4) is 5.75 Å². The van der Waals surface area contributed by atoms with Gasteiger partial charge >= 0.3 is 0 Å². The number of benzene rings is 2. The number of anilines is 1. The molecule has 0 spiro atoms. The highest BCUT2D eigenvalue weighted by molar-refractivity contribution is 8.00. The molecule has 2 aromatic carbocycles. The molecule has 0 aliphatic carbocycles. The van der Waals surface area contributed by atoms with E-state index in [1.54, 1.807) is 47.9 Å². The van der Waals surface area contributed by atoms with Gasteiger partial charge in [0, 0.05) is 5.75 Å². The van der Waals surface area contributed by atoms with Crippen molar-refractivity contribution in [3.63, 3.8) is 0 Å². The molecule has 7 nitrogen and oxygen atoms in total. The number of amides is 1. The number of thiophene rings is 1. The van der Waals surface area contributed by atoms with Crippen molar-refractivity contribution in [2.24, 2.45) is 0 Å². The first-order valence-electron chi connectivity index (χ1n) is 11.7. The summed E-state index contributed by atoms with van der Waals surface area (Å²) in [6.45, 7) is 6.05. The molecule has 1 aliphatic heterocycles. The summed E-state index contributed by atoms with van der Waals surface area (Å²) in [5.74, 6) is -0.347. The molecule has 1 amide bonds. The van der Waals surface area contributed by atoms with Gasteiger partial charge in [-0.05, 0) is 41.6 Å². The standard InChI is InChI=1S/C28H23N3O4S3/c1-3-14-35-20-12-10-19(11-13-20)23-22(24(32)21-5-4-15-36-21)25(33)26(34)31(23)27-29-30-28(38-27)37-16-18-8-6-17(2)7-9-18/h3-13,15,23,33H,1,14,16H2,2H3. The van der Waals surface area contributed by atoms with Crippen molar-refractivity contribution < 1.29 is 19.4 Å². The average Bonchev–Trinajstić information content (AvgIpc) is 3.68. The monoisotopic (exact) mass is 561 g/mol. The van der Waals surface area contributed by atoms with Gasteiger partial charge in [-0.1, -0.05) is 83.8 Å². The molecule has 1 N–H and O–H groups in total. The number of ketones is 1. The van der Waals surface area contributed by atoms with E-state index in [1.165, 1.54) is 44.9 Å². The molecule has 0 saturated carbocycles. The highest BCUT2D eigenvalue weighted by Gasteiger charge is 2.46. The van der Waals surface area contributed by atoms with Crippen LogP contribution >= 0.6 is 34.4 Å². The van der Waals surface area contributed by atoms with Crippen molar-refractivity contribution in [1.29, 1.82) is 0 Å². The number of ether oxygens (including phenoxy) is 1. The molecule has 0 saturated heterocycles. The van der Waals surface area contributed by atoms with E-state index in [0.717, 1.165) is 5.56 Å². The quantitative estimate of drug-likeness (QED) is 0.102.